The summed E-state index contributed by atoms with van der Waals surface area (Å²) in [5.41, 5.74) is 1.90. The van der Waals surface area contributed by atoms with Gasteiger partial charge in [0.25, 0.3) is 0 Å². The molecule has 0 spiro atoms. The second-order valence-electron chi connectivity index (χ2n) is 6.51. The first kappa shape index (κ1) is 20.0. The lowest BCUT2D eigenvalue weighted by Gasteiger charge is -2.24. The first-order valence-corrected chi connectivity index (χ1v) is 8.44. The lowest BCUT2D eigenvalue weighted by Crippen LogP contribution is -2.45. The minimum atomic E-state index is -0.221. The lowest BCUT2D eigenvalue weighted by atomic mass is 10.0. The van der Waals surface area contributed by atoms with Gasteiger partial charge in [-0.25, -0.2) is 4.39 Å². The molecule has 1 fully saturated rings. The van der Waals surface area contributed by atoms with Crippen LogP contribution in [0.1, 0.15) is 25.3 Å². The van der Waals surface area contributed by atoms with Gasteiger partial charge in [0.15, 0.2) is 5.96 Å². The quantitative estimate of drug-likeness (QED) is 0.365. The highest BCUT2D eigenvalue weighted by Crippen LogP contribution is 2.23. The van der Waals surface area contributed by atoms with Crippen LogP contribution in [0.3, 0.4) is 0 Å². The zero-order valence-corrected chi connectivity index (χ0v) is 17.0. The van der Waals surface area contributed by atoms with Crippen LogP contribution in [-0.4, -0.2) is 43.3 Å². The van der Waals surface area contributed by atoms with E-state index in [2.05, 4.69) is 27.5 Å². The molecule has 1 aliphatic heterocycles. The SMILES string of the molecule is CN=C(NCCc1c[nH]c2cc(F)ccc12)NCC1(C)CCCO1.I. The van der Waals surface area contributed by atoms with Crippen LogP contribution in [0.4, 0.5) is 4.39 Å². The smallest absolute Gasteiger partial charge is 0.191 e. The second-order valence-corrected chi connectivity index (χ2v) is 6.51. The van der Waals surface area contributed by atoms with Crippen LogP contribution >= 0.6 is 24.0 Å². The number of H-pyrrole nitrogens is 1. The number of aromatic amines is 1. The van der Waals surface area contributed by atoms with Crippen LogP contribution in [0.5, 0.6) is 0 Å². The molecule has 3 N–H and O–H groups in total. The zero-order chi connectivity index (χ0) is 17.0. The highest BCUT2D eigenvalue weighted by Gasteiger charge is 2.29. The molecular weight excluding hydrogens is 434 g/mol. The molecule has 0 aliphatic carbocycles. The Morgan fingerprint density at radius 2 is 2.24 bits per heavy atom. The fourth-order valence-electron chi connectivity index (χ4n) is 3.15. The van der Waals surface area contributed by atoms with E-state index in [0.717, 1.165) is 55.8 Å². The minimum Gasteiger partial charge on any atom is -0.373 e. The number of benzene rings is 1. The summed E-state index contributed by atoms with van der Waals surface area (Å²) in [6.45, 7) is 4.47. The number of hydrogen-bond acceptors (Lipinski definition) is 2. The predicted molar refractivity (Wildman–Crippen MR) is 110 cm³/mol. The van der Waals surface area contributed by atoms with Gasteiger partial charge in [-0.3, -0.25) is 4.99 Å². The Balaban J connectivity index is 0.00000225. The number of aromatic nitrogens is 1. The number of fused-ring (bicyclic) bond motifs is 1. The van der Waals surface area contributed by atoms with Crippen molar-refractivity contribution in [1.29, 1.82) is 0 Å². The van der Waals surface area contributed by atoms with E-state index in [-0.39, 0.29) is 35.4 Å². The summed E-state index contributed by atoms with van der Waals surface area (Å²) in [5.74, 6) is 0.555. The van der Waals surface area contributed by atoms with Crippen molar-refractivity contribution in [3.63, 3.8) is 0 Å². The van der Waals surface area contributed by atoms with E-state index in [9.17, 15) is 4.39 Å². The Labute approximate surface area is 164 Å². The number of guanidine groups is 1. The maximum atomic E-state index is 13.2. The monoisotopic (exact) mass is 460 g/mol. The summed E-state index contributed by atoms with van der Waals surface area (Å²) in [7, 11) is 1.77. The number of nitrogens with zero attached hydrogens (tertiary/aromatic N) is 1. The normalized spacial score (nSPS) is 20.5. The molecule has 2 heterocycles. The third kappa shape index (κ3) is 5.07. The average Bonchev–Trinajstić information content (AvgIpc) is 3.17. The maximum Gasteiger partial charge on any atom is 0.191 e. The van der Waals surface area contributed by atoms with Gasteiger partial charge in [-0.1, -0.05) is 0 Å². The third-order valence-corrected chi connectivity index (χ3v) is 4.57. The molecule has 2 aromatic rings. The molecule has 1 aromatic heterocycles. The van der Waals surface area contributed by atoms with Crippen LogP contribution in [0.25, 0.3) is 10.9 Å². The van der Waals surface area contributed by atoms with Crippen LogP contribution in [-0.2, 0) is 11.2 Å². The molecule has 0 amide bonds. The van der Waals surface area contributed by atoms with Gasteiger partial charge >= 0.3 is 0 Å². The summed E-state index contributed by atoms with van der Waals surface area (Å²) in [5, 5.41) is 7.72. The number of aliphatic imine (C=N–C) groups is 1. The van der Waals surface area contributed by atoms with Gasteiger partial charge in [-0.05, 0) is 49.9 Å². The second kappa shape index (κ2) is 8.84. The van der Waals surface area contributed by atoms with Crippen molar-refractivity contribution in [2.75, 3.05) is 26.7 Å². The summed E-state index contributed by atoms with van der Waals surface area (Å²) in [4.78, 5) is 7.37. The van der Waals surface area contributed by atoms with E-state index in [4.69, 9.17) is 4.74 Å². The van der Waals surface area contributed by atoms with Crippen molar-refractivity contribution in [2.24, 2.45) is 4.99 Å². The van der Waals surface area contributed by atoms with E-state index in [1.807, 2.05) is 12.3 Å². The molecule has 0 saturated carbocycles. The van der Waals surface area contributed by atoms with E-state index >= 15 is 0 Å². The molecule has 138 valence electrons. The average molecular weight is 460 g/mol. The van der Waals surface area contributed by atoms with E-state index in [1.54, 1.807) is 7.05 Å². The van der Waals surface area contributed by atoms with Gasteiger partial charge in [-0.15, -0.1) is 24.0 Å². The number of nitrogens with one attached hydrogen (secondary N) is 3. The molecule has 7 heteroatoms. The highest BCUT2D eigenvalue weighted by molar-refractivity contribution is 14.0. The molecule has 1 saturated heterocycles. The zero-order valence-electron chi connectivity index (χ0n) is 14.7. The largest absolute Gasteiger partial charge is 0.373 e. The van der Waals surface area contributed by atoms with Crippen LogP contribution in [0, 0.1) is 5.82 Å². The van der Waals surface area contributed by atoms with E-state index < -0.39 is 0 Å². The summed E-state index contributed by atoms with van der Waals surface area (Å²) in [6, 6.07) is 4.84. The number of ether oxygens (including phenoxy) is 1. The van der Waals surface area contributed by atoms with Crippen molar-refractivity contribution < 1.29 is 9.13 Å². The topological polar surface area (TPSA) is 61.4 Å². The first-order chi connectivity index (χ1) is 11.6. The van der Waals surface area contributed by atoms with Gasteiger partial charge in [0.2, 0.25) is 0 Å². The Morgan fingerprint density at radius 1 is 1.40 bits per heavy atom. The number of halogens is 2. The molecule has 1 unspecified atom stereocenters. The lowest BCUT2D eigenvalue weighted by molar-refractivity contribution is 0.0243. The van der Waals surface area contributed by atoms with Crippen LogP contribution < -0.4 is 10.6 Å². The Bertz CT molecular complexity index is 725. The molecule has 5 nitrogen and oxygen atoms in total. The summed E-state index contributed by atoms with van der Waals surface area (Å²) < 4.78 is 19.0. The van der Waals surface area contributed by atoms with Gasteiger partial charge < -0.3 is 20.4 Å². The Morgan fingerprint density at radius 3 is 2.96 bits per heavy atom. The van der Waals surface area contributed by atoms with E-state index in [1.165, 1.54) is 17.7 Å². The van der Waals surface area contributed by atoms with Gasteiger partial charge in [0.05, 0.1) is 5.60 Å². The van der Waals surface area contributed by atoms with Gasteiger partial charge in [0.1, 0.15) is 5.82 Å². The van der Waals surface area contributed by atoms with E-state index in [0.29, 0.717) is 0 Å². The fraction of sp³-hybridized carbons (Fsp3) is 0.500. The maximum absolute atomic E-state index is 13.2. The molecule has 3 rings (SSSR count). The molecular formula is C18H26FIN4O. The standard InChI is InChI=1S/C18H25FN4O.HI/c1-18(7-3-9-24-18)12-23-17(20-2)21-8-6-13-11-22-16-10-14(19)4-5-15(13)16;/h4-5,10-11,22H,3,6-9,12H2,1-2H3,(H2,20,21,23);1H. The Kier molecular flexibility index (Phi) is 7.06. The molecule has 25 heavy (non-hydrogen) atoms. The third-order valence-electron chi connectivity index (χ3n) is 4.57. The van der Waals surface area contributed by atoms with Crippen molar-refractivity contribution in [1.82, 2.24) is 15.6 Å². The first-order valence-electron chi connectivity index (χ1n) is 8.44. The van der Waals surface area contributed by atoms with Crippen LogP contribution in [0.2, 0.25) is 0 Å². The van der Waals surface area contributed by atoms with Crippen molar-refractivity contribution >= 4 is 40.8 Å². The molecule has 1 aliphatic rings. The Hall–Kier alpha value is -1.35. The van der Waals surface area contributed by atoms with Crippen LogP contribution in [0.15, 0.2) is 29.4 Å². The van der Waals surface area contributed by atoms with Gasteiger partial charge in [0, 0.05) is 43.8 Å². The highest BCUT2D eigenvalue weighted by atomic mass is 127. The number of rotatable bonds is 5. The molecule has 1 atom stereocenters. The number of hydrogen-bond donors (Lipinski definition) is 3. The van der Waals surface area contributed by atoms with Crippen molar-refractivity contribution in [3.8, 4) is 0 Å². The molecule has 1 aromatic carbocycles. The minimum absolute atomic E-state index is 0. The summed E-state index contributed by atoms with van der Waals surface area (Å²) in [6.07, 6.45) is 4.96. The van der Waals surface area contributed by atoms with Crippen molar-refractivity contribution in [2.45, 2.75) is 31.8 Å². The molecule has 0 radical (unpaired) electrons. The predicted octanol–water partition coefficient (Wildman–Crippen LogP) is 3.20. The summed E-state index contributed by atoms with van der Waals surface area (Å²) >= 11 is 0. The van der Waals surface area contributed by atoms with Gasteiger partial charge in [-0.2, -0.15) is 0 Å². The van der Waals surface area contributed by atoms with Crippen molar-refractivity contribution in [3.05, 3.63) is 35.8 Å². The fourth-order valence-corrected chi connectivity index (χ4v) is 3.15. The molecule has 0 bridgehead atoms.